The number of fused-ring (bicyclic) bond motifs is 1. The molecule has 0 bridgehead atoms. The number of thiazole rings is 1. The number of rotatable bonds is 3. The van der Waals surface area contributed by atoms with Crippen LogP contribution in [0.2, 0.25) is 0 Å². The van der Waals surface area contributed by atoms with Crippen molar-refractivity contribution in [1.29, 1.82) is 0 Å². The summed E-state index contributed by atoms with van der Waals surface area (Å²) >= 11 is 1.57. The third-order valence-electron chi connectivity index (χ3n) is 4.16. The summed E-state index contributed by atoms with van der Waals surface area (Å²) in [4.78, 5) is 18.8. The highest BCUT2D eigenvalue weighted by Gasteiger charge is 2.37. The first-order valence-corrected chi connectivity index (χ1v) is 7.33. The summed E-state index contributed by atoms with van der Waals surface area (Å²) in [7, 11) is 0. The molecule has 2 heterocycles. The van der Waals surface area contributed by atoms with E-state index in [9.17, 15) is 4.79 Å². The number of carbonyl (C=O) groups excluding carboxylic acids is 1. The highest BCUT2D eigenvalue weighted by molar-refractivity contribution is 7.17. The van der Waals surface area contributed by atoms with Gasteiger partial charge in [0.2, 0.25) is 0 Å². The summed E-state index contributed by atoms with van der Waals surface area (Å²) < 4.78 is 0. The van der Waals surface area contributed by atoms with Gasteiger partial charge in [0, 0.05) is 13.1 Å². The minimum atomic E-state index is 0.819. The van der Waals surface area contributed by atoms with Gasteiger partial charge in [-0.1, -0.05) is 24.7 Å². The quantitative estimate of drug-likeness (QED) is 0.773. The van der Waals surface area contributed by atoms with E-state index in [-0.39, 0.29) is 0 Å². The summed E-state index contributed by atoms with van der Waals surface area (Å²) in [6.07, 6.45) is 5.98. The van der Waals surface area contributed by atoms with Gasteiger partial charge in [-0.2, -0.15) is 0 Å². The molecule has 2 atom stereocenters. The molecule has 0 amide bonds. The maximum Gasteiger partial charge on any atom is 0.186 e. The molecule has 17 heavy (non-hydrogen) atoms. The Morgan fingerprint density at radius 3 is 2.65 bits per heavy atom. The predicted octanol–water partition coefficient (Wildman–Crippen LogP) is 2.75. The van der Waals surface area contributed by atoms with Crippen LogP contribution in [0.1, 0.15) is 41.6 Å². The summed E-state index contributed by atoms with van der Waals surface area (Å²) in [5, 5.41) is 1.07. The predicted molar refractivity (Wildman–Crippen MR) is 69.9 cm³/mol. The van der Waals surface area contributed by atoms with Gasteiger partial charge in [0.1, 0.15) is 0 Å². The van der Waals surface area contributed by atoms with Gasteiger partial charge in [0.25, 0.3) is 0 Å². The lowest BCUT2D eigenvalue weighted by Crippen LogP contribution is -2.20. The molecule has 3 rings (SSSR count). The van der Waals surface area contributed by atoms with Crippen molar-refractivity contribution in [1.82, 2.24) is 4.98 Å². The third kappa shape index (κ3) is 1.88. The van der Waals surface area contributed by atoms with Crippen LogP contribution >= 0.6 is 11.3 Å². The maximum atomic E-state index is 11.0. The van der Waals surface area contributed by atoms with Crippen LogP contribution in [-0.2, 0) is 6.42 Å². The molecule has 1 aromatic rings. The minimum absolute atomic E-state index is 0.819. The summed E-state index contributed by atoms with van der Waals surface area (Å²) in [6, 6.07) is 0. The number of hydrogen-bond donors (Lipinski definition) is 0. The van der Waals surface area contributed by atoms with E-state index in [2.05, 4.69) is 16.8 Å². The first kappa shape index (κ1) is 11.2. The first-order chi connectivity index (χ1) is 8.31. The van der Waals surface area contributed by atoms with Gasteiger partial charge in [-0.25, -0.2) is 4.98 Å². The highest BCUT2D eigenvalue weighted by Crippen LogP contribution is 2.40. The number of aryl methyl sites for hydroxylation is 1. The molecule has 1 aliphatic heterocycles. The molecule has 92 valence electrons. The molecule has 0 radical (unpaired) electrons. The van der Waals surface area contributed by atoms with Gasteiger partial charge in [0.15, 0.2) is 11.4 Å². The standard InChI is InChI=1S/C13H18N2OS/c1-2-11-12(8-16)17-13(14-11)15-6-9-4-3-5-10(9)7-15/h8-10H,2-7H2,1H3. The van der Waals surface area contributed by atoms with Crippen LogP contribution in [0.15, 0.2) is 0 Å². The molecule has 2 unspecified atom stereocenters. The van der Waals surface area contributed by atoms with E-state index in [1.54, 1.807) is 11.3 Å². The number of aldehydes is 1. The van der Waals surface area contributed by atoms with Gasteiger partial charge < -0.3 is 4.90 Å². The fourth-order valence-electron chi connectivity index (χ4n) is 3.22. The van der Waals surface area contributed by atoms with Crippen molar-refractivity contribution in [3.8, 4) is 0 Å². The number of hydrogen-bond acceptors (Lipinski definition) is 4. The second-order valence-electron chi connectivity index (χ2n) is 5.13. The minimum Gasteiger partial charge on any atom is -0.347 e. The molecule has 1 aliphatic carbocycles. The summed E-state index contributed by atoms with van der Waals surface area (Å²) in [5.41, 5.74) is 0.969. The van der Waals surface area contributed by atoms with Crippen LogP contribution < -0.4 is 4.90 Å². The van der Waals surface area contributed by atoms with Crippen molar-refractivity contribution in [2.24, 2.45) is 11.8 Å². The van der Waals surface area contributed by atoms with Crippen LogP contribution in [0, 0.1) is 11.8 Å². The van der Waals surface area contributed by atoms with E-state index >= 15 is 0 Å². The number of aromatic nitrogens is 1. The Morgan fingerprint density at radius 1 is 1.41 bits per heavy atom. The Morgan fingerprint density at radius 2 is 2.12 bits per heavy atom. The molecule has 1 saturated carbocycles. The molecule has 4 heteroatoms. The Labute approximate surface area is 106 Å². The Balaban J connectivity index is 1.80. The summed E-state index contributed by atoms with van der Waals surface area (Å²) in [6.45, 7) is 4.36. The molecule has 0 aromatic carbocycles. The molecule has 0 spiro atoms. The molecule has 2 aliphatic rings. The fourth-order valence-corrected chi connectivity index (χ4v) is 4.21. The Bertz CT molecular complexity index is 417. The van der Waals surface area contributed by atoms with Gasteiger partial charge in [0.05, 0.1) is 10.6 Å². The number of nitrogens with zero attached hydrogens (tertiary/aromatic N) is 2. The molecule has 1 aromatic heterocycles. The van der Waals surface area contributed by atoms with Crippen molar-refractivity contribution in [2.45, 2.75) is 32.6 Å². The van der Waals surface area contributed by atoms with Crippen molar-refractivity contribution in [3.63, 3.8) is 0 Å². The smallest absolute Gasteiger partial charge is 0.186 e. The van der Waals surface area contributed by atoms with E-state index in [0.717, 1.165) is 53.3 Å². The molecular weight excluding hydrogens is 232 g/mol. The normalized spacial score (nSPS) is 27.5. The fraction of sp³-hybridized carbons (Fsp3) is 0.692. The second kappa shape index (κ2) is 4.41. The molecule has 3 nitrogen and oxygen atoms in total. The largest absolute Gasteiger partial charge is 0.347 e. The Kier molecular flexibility index (Phi) is 2.90. The van der Waals surface area contributed by atoms with E-state index < -0.39 is 0 Å². The zero-order valence-corrected chi connectivity index (χ0v) is 11.0. The van der Waals surface area contributed by atoms with Crippen LogP contribution in [0.5, 0.6) is 0 Å². The Hall–Kier alpha value is -0.900. The van der Waals surface area contributed by atoms with E-state index in [4.69, 9.17) is 0 Å². The number of anilines is 1. The van der Waals surface area contributed by atoms with Gasteiger partial charge in [-0.3, -0.25) is 4.79 Å². The van der Waals surface area contributed by atoms with E-state index in [1.165, 1.54) is 19.3 Å². The summed E-state index contributed by atoms with van der Waals surface area (Å²) in [5.74, 6) is 1.76. The van der Waals surface area contributed by atoms with Crippen molar-refractivity contribution >= 4 is 22.8 Å². The topological polar surface area (TPSA) is 33.2 Å². The van der Waals surface area contributed by atoms with Gasteiger partial charge in [-0.15, -0.1) is 0 Å². The highest BCUT2D eigenvalue weighted by atomic mass is 32.1. The molecule has 0 N–H and O–H groups in total. The first-order valence-electron chi connectivity index (χ1n) is 6.51. The van der Waals surface area contributed by atoms with Crippen LogP contribution in [0.25, 0.3) is 0 Å². The lowest BCUT2D eigenvalue weighted by molar-refractivity contribution is 0.112. The monoisotopic (exact) mass is 250 g/mol. The van der Waals surface area contributed by atoms with Crippen molar-refractivity contribution in [2.75, 3.05) is 18.0 Å². The van der Waals surface area contributed by atoms with Crippen molar-refractivity contribution in [3.05, 3.63) is 10.6 Å². The average Bonchev–Trinajstić information content (AvgIpc) is 3.00. The van der Waals surface area contributed by atoms with Gasteiger partial charge in [-0.05, 0) is 31.1 Å². The zero-order valence-electron chi connectivity index (χ0n) is 10.2. The second-order valence-corrected chi connectivity index (χ2v) is 6.14. The average molecular weight is 250 g/mol. The maximum absolute atomic E-state index is 11.0. The van der Waals surface area contributed by atoms with Crippen LogP contribution in [-0.4, -0.2) is 24.4 Å². The van der Waals surface area contributed by atoms with Gasteiger partial charge >= 0.3 is 0 Å². The lowest BCUT2D eigenvalue weighted by atomic mass is 10.0. The third-order valence-corrected chi connectivity index (χ3v) is 5.24. The molecule has 2 fully saturated rings. The molecule has 1 saturated heterocycles. The lowest BCUT2D eigenvalue weighted by Gasteiger charge is -2.15. The van der Waals surface area contributed by atoms with E-state index in [1.807, 2.05) is 0 Å². The SMILES string of the molecule is CCc1nc(N2CC3CCCC3C2)sc1C=O. The number of carbonyl (C=O) groups is 1. The van der Waals surface area contributed by atoms with E-state index in [0.29, 0.717) is 0 Å². The van der Waals surface area contributed by atoms with Crippen LogP contribution in [0.3, 0.4) is 0 Å². The zero-order chi connectivity index (χ0) is 11.8. The van der Waals surface area contributed by atoms with Crippen LogP contribution in [0.4, 0.5) is 5.13 Å². The molecular formula is C13H18N2OS. The van der Waals surface area contributed by atoms with Crippen molar-refractivity contribution < 1.29 is 4.79 Å².